The summed E-state index contributed by atoms with van der Waals surface area (Å²) >= 11 is 0. The van der Waals surface area contributed by atoms with Gasteiger partial charge in [0.15, 0.2) is 0 Å². The maximum atomic E-state index is 12.3. The molecule has 144 valence electrons. The predicted octanol–water partition coefficient (Wildman–Crippen LogP) is 0.375. The highest BCUT2D eigenvalue weighted by molar-refractivity contribution is 5.90. The Bertz CT molecular complexity index is 603. The summed E-state index contributed by atoms with van der Waals surface area (Å²) in [4.78, 5) is 28.5. The average Bonchev–Trinajstić information content (AvgIpc) is 3.08. The summed E-state index contributed by atoms with van der Waals surface area (Å²) in [6.07, 6.45) is 7.12. The standard InChI is InChI=1S/C18H30N6O2/c1-22-8-10-23(11-9-22)18(26)14-24-13-16(12-20-24)21-17(25)3-2-15-4-6-19-7-5-15/h12-13,15,19H,2-11,14H2,1H3,(H,21,25). The highest BCUT2D eigenvalue weighted by Gasteiger charge is 2.19. The Hall–Kier alpha value is -1.93. The van der Waals surface area contributed by atoms with Gasteiger partial charge in [0.05, 0.1) is 11.9 Å². The van der Waals surface area contributed by atoms with Gasteiger partial charge in [0.25, 0.3) is 0 Å². The molecule has 8 nitrogen and oxygen atoms in total. The number of aromatic nitrogens is 2. The van der Waals surface area contributed by atoms with Crippen LogP contribution in [0.2, 0.25) is 0 Å². The van der Waals surface area contributed by atoms with Crippen molar-refractivity contribution in [2.45, 2.75) is 32.2 Å². The van der Waals surface area contributed by atoms with Gasteiger partial charge in [-0.3, -0.25) is 14.3 Å². The molecule has 26 heavy (non-hydrogen) atoms. The van der Waals surface area contributed by atoms with Gasteiger partial charge in [-0.1, -0.05) is 0 Å². The summed E-state index contributed by atoms with van der Waals surface area (Å²) in [6, 6.07) is 0. The number of likely N-dealkylation sites (N-methyl/N-ethyl adjacent to an activating group) is 1. The first-order valence-electron chi connectivity index (χ1n) is 9.59. The van der Waals surface area contributed by atoms with E-state index in [-0.39, 0.29) is 18.4 Å². The number of rotatable bonds is 6. The number of carbonyl (C=O) groups excluding carboxylic acids is 2. The van der Waals surface area contributed by atoms with Gasteiger partial charge in [-0.15, -0.1) is 0 Å². The Morgan fingerprint density at radius 3 is 2.69 bits per heavy atom. The third-order valence-electron chi connectivity index (χ3n) is 5.31. The van der Waals surface area contributed by atoms with Crippen LogP contribution >= 0.6 is 0 Å². The minimum atomic E-state index is 0.0217. The van der Waals surface area contributed by atoms with E-state index in [2.05, 4.69) is 27.7 Å². The van der Waals surface area contributed by atoms with Crippen LogP contribution in [-0.2, 0) is 16.1 Å². The van der Waals surface area contributed by atoms with Crippen molar-refractivity contribution >= 4 is 17.5 Å². The van der Waals surface area contributed by atoms with Crippen molar-refractivity contribution in [3.05, 3.63) is 12.4 Å². The number of carbonyl (C=O) groups is 2. The summed E-state index contributed by atoms with van der Waals surface area (Å²) in [5.41, 5.74) is 0.659. The lowest BCUT2D eigenvalue weighted by Crippen LogP contribution is -2.48. The van der Waals surface area contributed by atoms with Crippen LogP contribution in [0, 0.1) is 5.92 Å². The van der Waals surface area contributed by atoms with Crippen molar-refractivity contribution in [3.63, 3.8) is 0 Å². The molecular weight excluding hydrogens is 332 g/mol. The summed E-state index contributed by atoms with van der Waals surface area (Å²) < 4.78 is 1.60. The van der Waals surface area contributed by atoms with Crippen LogP contribution in [0.1, 0.15) is 25.7 Å². The Labute approximate surface area is 154 Å². The third-order valence-corrected chi connectivity index (χ3v) is 5.31. The summed E-state index contributed by atoms with van der Waals surface area (Å²) in [6.45, 7) is 5.66. The van der Waals surface area contributed by atoms with Gasteiger partial charge in [-0.05, 0) is 45.3 Å². The Kier molecular flexibility index (Phi) is 6.62. The van der Waals surface area contributed by atoms with Gasteiger partial charge in [0.2, 0.25) is 11.8 Å². The number of anilines is 1. The maximum absolute atomic E-state index is 12.3. The van der Waals surface area contributed by atoms with Gasteiger partial charge < -0.3 is 20.4 Å². The van der Waals surface area contributed by atoms with Crippen LogP contribution in [0.25, 0.3) is 0 Å². The number of hydrogen-bond acceptors (Lipinski definition) is 5. The fraction of sp³-hybridized carbons (Fsp3) is 0.722. The van der Waals surface area contributed by atoms with E-state index in [0.29, 0.717) is 18.0 Å². The molecule has 0 unspecified atom stereocenters. The minimum Gasteiger partial charge on any atom is -0.339 e. The molecule has 1 aromatic heterocycles. The highest BCUT2D eigenvalue weighted by atomic mass is 16.2. The van der Waals surface area contributed by atoms with Crippen LogP contribution < -0.4 is 10.6 Å². The zero-order valence-electron chi connectivity index (χ0n) is 15.6. The molecule has 0 aliphatic carbocycles. The van der Waals surface area contributed by atoms with E-state index in [1.807, 2.05) is 4.90 Å². The van der Waals surface area contributed by atoms with Crippen molar-refractivity contribution in [3.8, 4) is 0 Å². The number of nitrogens with zero attached hydrogens (tertiary/aromatic N) is 4. The Morgan fingerprint density at radius 2 is 1.96 bits per heavy atom. The van der Waals surface area contributed by atoms with E-state index in [4.69, 9.17) is 0 Å². The molecule has 0 radical (unpaired) electrons. The van der Waals surface area contributed by atoms with E-state index in [9.17, 15) is 9.59 Å². The second kappa shape index (κ2) is 9.14. The predicted molar refractivity (Wildman–Crippen MR) is 99.8 cm³/mol. The molecule has 1 aromatic rings. The largest absolute Gasteiger partial charge is 0.339 e. The molecule has 0 saturated carbocycles. The quantitative estimate of drug-likeness (QED) is 0.764. The molecule has 2 saturated heterocycles. The first kappa shape index (κ1) is 18.8. The smallest absolute Gasteiger partial charge is 0.244 e. The van der Waals surface area contributed by atoms with E-state index in [1.54, 1.807) is 17.1 Å². The number of nitrogens with one attached hydrogen (secondary N) is 2. The minimum absolute atomic E-state index is 0.0217. The molecule has 2 fully saturated rings. The van der Waals surface area contributed by atoms with Crippen molar-refractivity contribution in [1.29, 1.82) is 0 Å². The monoisotopic (exact) mass is 362 g/mol. The molecule has 2 amide bonds. The third kappa shape index (κ3) is 5.54. The summed E-state index contributed by atoms with van der Waals surface area (Å²) in [5.74, 6) is 0.740. The second-order valence-electron chi connectivity index (χ2n) is 7.39. The van der Waals surface area contributed by atoms with Crippen LogP contribution in [-0.4, -0.2) is 77.7 Å². The molecular formula is C18H30N6O2. The second-order valence-corrected chi connectivity index (χ2v) is 7.39. The highest BCUT2D eigenvalue weighted by Crippen LogP contribution is 2.18. The molecule has 3 heterocycles. The van der Waals surface area contributed by atoms with E-state index >= 15 is 0 Å². The maximum Gasteiger partial charge on any atom is 0.244 e. The first-order chi connectivity index (χ1) is 12.6. The molecule has 0 atom stereocenters. The van der Waals surface area contributed by atoms with Gasteiger partial charge in [-0.2, -0.15) is 5.10 Å². The molecule has 2 N–H and O–H groups in total. The number of piperazine rings is 1. The van der Waals surface area contributed by atoms with Gasteiger partial charge >= 0.3 is 0 Å². The van der Waals surface area contributed by atoms with Gasteiger partial charge in [0, 0.05) is 38.8 Å². The van der Waals surface area contributed by atoms with Gasteiger partial charge in [0.1, 0.15) is 6.54 Å². The lowest BCUT2D eigenvalue weighted by atomic mass is 9.93. The number of piperidine rings is 1. The number of hydrogen-bond donors (Lipinski definition) is 2. The van der Waals surface area contributed by atoms with Crippen LogP contribution in [0.4, 0.5) is 5.69 Å². The molecule has 0 aromatic carbocycles. The van der Waals surface area contributed by atoms with Crippen LogP contribution in [0.5, 0.6) is 0 Å². The number of amides is 2. The molecule has 0 spiro atoms. The first-order valence-corrected chi connectivity index (χ1v) is 9.59. The fourth-order valence-corrected chi connectivity index (χ4v) is 3.54. The van der Waals surface area contributed by atoms with Crippen molar-refractivity contribution in [2.24, 2.45) is 5.92 Å². The lowest BCUT2D eigenvalue weighted by molar-refractivity contribution is -0.133. The van der Waals surface area contributed by atoms with Crippen molar-refractivity contribution in [1.82, 2.24) is 24.9 Å². The SMILES string of the molecule is CN1CCN(C(=O)Cn2cc(NC(=O)CCC3CCNCC3)cn2)CC1. The Morgan fingerprint density at radius 1 is 1.23 bits per heavy atom. The Balaban J connectivity index is 1.40. The molecule has 3 rings (SSSR count). The van der Waals surface area contributed by atoms with Crippen LogP contribution in [0.3, 0.4) is 0 Å². The zero-order chi connectivity index (χ0) is 18.4. The van der Waals surface area contributed by atoms with E-state index < -0.39 is 0 Å². The van der Waals surface area contributed by atoms with Crippen LogP contribution in [0.15, 0.2) is 12.4 Å². The molecule has 2 aliphatic rings. The lowest BCUT2D eigenvalue weighted by Gasteiger charge is -2.32. The normalized spacial score (nSPS) is 19.5. The topological polar surface area (TPSA) is 82.5 Å². The fourth-order valence-electron chi connectivity index (χ4n) is 3.54. The zero-order valence-corrected chi connectivity index (χ0v) is 15.6. The van der Waals surface area contributed by atoms with E-state index in [0.717, 1.165) is 58.5 Å². The summed E-state index contributed by atoms with van der Waals surface area (Å²) in [7, 11) is 2.06. The van der Waals surface area contributed by atoms with Gasteiger partial charge in [-0.25, -0.2) is 0 Å². The van der Waals surface area contributed by atoms with E-state index in [1.165, 1.54) is 0 Å². The summed E-state index contributed by atoms with van der Waals surface area (Å²) in [5, 5.41) is 10.4. The molecule has 2 aliphatic heterocycles. The van der Waals surface area contributed by atoms with Crippen molar-refractivity contribution < 1.29 is 9.59 Å². The molecule has 0 bridgehead atoms. The average molecular weight is 362 g/mol. The molecule has 8 heteroatoms. The van der Waals surface area contributed by atoms with Crippen molar-refractivity contribution in [2.75, 3.05) is 51.6 Å².